The maximum absolute atomic E-state index is 7.03. The highest BCUT2D eigenvalue weighted by molar-refractivity contribution is 6.71. The molecule has 0 aliphatic heterocycles. The van der Waals surface area contributed by atoms with Crippen LogP contribution in [0.1, 0.15) is 0 Å². The van der Waals surface area contributed by atoms with Gasteiger partial charge in [-0.2, -0.15) is 0 Å². The summed E-state index contributed by atoms with van der Waals surface area (Å²) in [5.74, 6) is 0.860. The number of hydrogen-bond acceptors (Lipinski definition) is 4. The van der Waals surface area contributed by atoms with Gasteiger partial charge in [-0.05, 0) is 33.3 Å². The average molecular weight is 736 g/mol. The number of aromatic nitrogens is 3. The number of hydrogen-bond donors (Lipinski definition) is 0. The third-order valence-corrected chi connectivity index (χ3v) is 10.9. The Labute approximate surface area is 362 Å². The van der Waals surface area contributed by atoms with E-state index in [2.05, 4.69) is 0 Å². The van der Waals surface area contributed by atoms with Crippen LogP contribution in [0.25, 0.3) is 89.5 Å². The molecule has 0 aliphatic carbocycles. The second kappa shape index (κ2) is 15.3. The monoisotopic (exact) mass is 737 g/mol. The number of rotatable bonds is 6. The van der Waals surface area contributed by atoms with E-state index in [1.54, 1.807) is 0 Å². The summed E-state index contributed by atoms with van der Waals surface area (Å²) >= 11 is 0. The summed E-state index contributed by atoms with van der Waals surface area (Å²) < 4.78 is 6.57. The van der Waals surface area contributed by atoms with Crippen molar-refractivity contribution in [3.63, 3.8) is 0 Å². The Morgan fingerprint density at radius 3 is 1.08 bits per heavy atom. The molecule has 0 atom stereocenters. The molecule has 9 aromatic rings. The molecule has 15 heteroatoms. The predicted octanol–water partition coefficient (Wildman–Crippen LogP) is -1.50. The predicted molar refractivity (Wildman–Crippen MR) is 259 cm³/mol. The molecule has 22 radical (unpaired) electrons. The Bertz CT molecular complexity index is 3060. The molecule has 0 spiro atoms. The van der Waals surface area contributed by atoms with Gasteiger partial charge in [0.05, 0.1) is 0 Å². The van der Waals surface area contributed by atoms with E-state index in [-0.39, 0.29) is 105 Å². The van der Waals surface area contributed by atoms with Gasteiger partial charge >= 0.3 is 0 Å². The first-order valence-electron chi connectivity index (χ1n) is 18.6. The first kappa shape index (κ1) is 39.5. The second-order valence-corrected chi connectivity index (χ2v) is 14.4. The fourth-order valence-electron chi connectivity index (χ4n) is 7.61. The second-order valence-electron chi connectivity index (χ2n) is 14.4. The first-order valence-corrected chi connectivity index (χ1v) is 18.6. The van der Waals surface area contributed by atoms with Gasteiger partial charge in [-0.15, -0.1) is 21.9 Å². The summed E-state index contributed by atoms with van der Waals surface area (Å²) in [5.41, 5.74) is 6.52. The summed E-state index contributed by atoms with van der Waals surface area (Å²) in [4.78, 5) is 14.8. The Morgan fingerprint density at radius 1 is 0.267 bits per heavy atom. The Balaban J connectivity index is 1.28. The quantitative estimate of drug-likeness (QED) is 0.196. The minimum atomic E-state index is -0.00725. The van der Waals surface area contributed by atoms with Crippen LogP contribution in [0.15, 0.2) is 114 Å². The van der Waals surface area contributed by atoms with E-state index in [1.807, 2.05) is 109 Å². The summed E-state index contributed by atoms with van der Waals surface area (Å²) in [6.45, 7) is 0. The zero-order valence-electron chi connectivity index (χ0n) is 32.0. The molecule has 4 nitrogen and oxygen atoms in total. The highest BCUT2D eigenvalue weighted by Gasteiger charge is 2.27. The van der Waals surface area contributed by atoms with Crippen molar-refractivity contribution in [2.75, 3.05) is 0 Å². The molecule has 2 aromatic heterocycles. The molecule has 0 saturated carbocycles. The van der Waals surface area contributed by atoms with Gasteiger partial charge in [-0.25, -0.2) is 15.0 Å². The molecule has 0 fully saturated rings. The molecule has 0 aliphatic rings. The summed E-state index contributed by atoms with van der Waals surface area (Å²) in [6, 6.07) is 35.9. The lowest BCUT2D eigenvalue weighted by atomic mass is 9.58. The molecular weight excluding hydrogens is 717 g/mol. The molecular formula is C45H18B11N3O. The van der Waals surface area contributed by atoms with Crippen LogP contribution in [0, 0.1) is 0 Å². The van der Waals surface area contributed by atoms with Crippen molar-refractivity contribution >= 4 is 168 Å². The first-order chi connectivity index (χ1) is 28.8. The zero-order valence-corrected chi connectivity index (χ0v) is 32.0. The van der Waals surface area contributed by atoms with Crippen molar-refractivity contribution in [1.29, 1.82) is 0 Å². The van der Waals surface area contributed by atoms with Crippen LogP contribution in [0.3, 0.4) is 0 Å². The van der Waals surface area contributed by atoms with Gasteiger partial charge in [0.15, 0.2) is 17.5 Å². The fraction of sp³-hybridized carbons (Fsp3) is 0. The third kappa shape index (κ3) is 6.36. The SMILES string of the molecule is [B]c1c([B])c([B])c(-c2c([B])c([B])c([B])c3c2oc2c([B])c(-c4nc(-c5ccc(-c6ccccc6)cc5)nc(-c5ccc(-c6ccccc6)cc5)n4)c([B])c([B])c23)c([B])c1[B]. The summed E-state index contributed by atoms with van der Waals surface area (Å²) in [5, 5.41) is 0.529. The lowest BCUT2D eigenvalue weighted by Gasteiger charge is -2.24. The third-order valence-electron chi connectivity index (χ3n) is 10.9. The molecule has 60 heavy (non-hydrogen) atoms. The Kier molecular flexibility index (Phi) is 10.1. The van der Waals surface area contributed by atoms with E-state index < -0.39 is 0 Å². The molecule has 9 rings (SSSR count). The normalized spacial score (nSPS) is 11.4. The molecule has 0 unspecified atom stereocenters. The van der Waals surface area contributed by atoms with Gasteiger partial charge in [-0.3, -0.25) is 0 Å². The lowest BCUT2D eigenvalue weighted by Crippen LogP contribution is -2.56. The van der Waals surface area contributed by atoms with Crippen molar-refractivity contribution in [2.24, 2.45) is 0 Å². The Morgan fingerprint density at radius 2 is 0.600 bits per heavy atom. The molecule has 0 amide bonds. The van der Waals surface area contributed by atoms with Crippen molar-refractivity contribution < 1.29 is 4.42 Å². The number of benzene rings is 7. The van der Waals surface area contributed by atoms with Crippen LogP contribution in [0.2, 0.25) is 0 Å². The molecule has 2 heterocycles. The zero-order chi connectivity index (χ0) is 42.1. The van der Waals surface area contributed by atoms with Gasteiger partial charge in [-0.1, -0.05) is 142 Å². The van der Waals surface area contributed by atoms with Crippen LogP contribution in [0.5, 0.6) is 0 Å². The van der Waals surface area contributed by atoms with Gasteiger partial charge in [0.2, 0.25) is 0 Å². The minimum absolute atomic E-state index is 0.00287. The number of fused-ring (bicyclic) bond motifs is 3. The van der Waals surface area contributed by atoms with Gasteiger partial charge in [0.1, 0.15) is 97.5 Å². The maximum atomic E-state index is 7.03. The standard InChI is InChI=1S/C45H18B11N3O/c46-30-25(31(47)39(55)40(56)38(30)54)26-33(49)37(53)34(50)27-28-32(48)35(51)29(36(52)42(28)60-41(26)27)45-58-43(23-15-11-21(12-16-23)19-7-3-1-4-8-19)57-44(59-45)24-17-13-22(14-18-24)20-9-5-2-6-10-20/h1-18H. The maximum Gasteiger partial charge on any atom is 0.164 e. The molecule has 0 bridgehead atoms. The smallest absolute Gasteiger partial charge is 0.164 e. The van der Waals surface area contributed by atoms with Gasteiger partial charge in [0, 0.05) is 33.0 Å². The Hall–Kier alpha value is -5.94. The van der Waals surface area contributed by atoms with E-state index in [1.165, 1.54) is 0 Å². The fourth-order valence-corrected chi connectivity index (χ4v) is 7.61. The van der Waals surface area contributed by atoms with Crippen molar-refractivity contribution in [3.05, 3.63) is 109 Å². The highest BCUT2D eigenvalue weighted by atomic mass is 16.3. The van der Waals surface area contributed by atoms with E-state index in [9.17, 15) is 0 Å². The average Bonchev–Trinajstić information content (AvgIpc) is 3.69. The van der Waals surface area contributed by atoms with E-state index >= 15 is 0 Å². The summed E-state index contributed by atoms with van der Waals surface area (Å²) in [6.07, 6.45) is 0. The number of furan rings is 1. The van der Waals surface area contributed by atoms with Crippen molar-refractivity contribution in [3.8, 4) is 67.5 Å². The minimum Gasteiger partial charge on any atom is -0.456 e. The van der Waals surface area contributed by atoms with Crippen LogP contribution in [-0.2, 0) is 0 Å². The highest BCUT2D eigenvalue weighted by Crippen LogP contribution is 2.33. The van der Waals surface area contributed by atoms with Gasteiger partial charge in [0.25, 0.3) is 0 Å². The van der Waals surface area contributed by atoms with E-state index in [0.29, 0.717) is 11.6 Å². The van der Waals surface area contributed by atoms with Crippen LogP contribution >= 0.6 is 0 Å². The molecule has 0 N–H and O–H groups in total. The van der Waals surface area contributed by atoms with E-state index in [4.69, 9.17) is 106 Å². The van der Waals surface area contributed by atoms with Crippen molar-refractivity contribution in [2.45, 2.75) is 0 Å². The van der Waals surface area contributed by atoms with Crippen molar-refractivity contribution in [1.82, 2.24) is 15.0 Å². The van der Waals surface area contributed by atoms with Crippen LogP contribution in [0.4, 0.5) is 0 Å². The van der Waals surface area contributed by atoms with E-state index in [0.717, 1.165) is 33.4 Å². The summed E-state index contributed by atoms with van der Waals surface area (Å²) in [7, 11) is 72.3. The molecule has 7 aromatic carbocycles. The van der Waals surface area contributed by atoms with Crippen LogP contribution in [-0.4, -0.2) is 101 Å². The molecule has 0 saturated heterocycles. The topological polar surface area (TPSA) is 51.8 Å². The number of nitrogens with zero attached hydrogens (tertiary/aromatic N) is 3. The van der Waals surface area contributed by atoms with Crippen LogP contribution < -0.4 is 60.1 Å². The molecule has 252 valence electrons. The lowest BCUT2D eigenvalue weighted by molar-refractivity contribution is 0.673. The largest absolute Gasteiger partial charge is 0.456 e. The van der Waals surface area contributed by atoms with Gasteiger partial charge < -0.3 is 4.42 Å².